The number of carbonyl (C=O) groups excluding carboxylic acids is 1. The van der Waals surface area contributed by atoms with Crippen molar-refractivity contribution in [2.24, 2.45) is 5.92 Å². The Balaban J connectivity index is 2.17. The van der Waals surface area contributed by atoms with Gasteiger partial charge in [0.1, 0.15) is 5.60 Å². The number of nitrogens with zero attached hydrogens (tertiary/aromatic N) is 2. The van der Waals surface area contributed by atoms with Crippen molar-refractivity contribution < 1.29 is 9.53 Å². The van der Waals surface area contributed by atoms with E-state index in [-0.39, 0.29) is 11.6 Å². The van der Waals surface area contributed by atoms with Gasteiger partial charge < -0.3 is 14.5 Å². The quantitative estimate of drug-likeness (QED) is 0.700. The van der Waals surface area contributed by atoms with Gasteiger partial charge in [0.2, 0.25) is 0 Å². The number of esters is 1. The summed E-state index contributed by atoms with van der Waals surface area (Å²) >= 11 is 0. The van der Waals surface area contributed by atoms with Crippen LogP contribution in [0.3, 0.4) is 0 Å². The molecule has 1 aliphatic heterocycles. The van der Waals surface area contributed by atoms with E-state index in [0.717, 1.165) is 19.0 Å². The highest BCUT2D eigenvalue weighted by Gasteiger charge is 2.21. The zero-order valence-corrected chi connectivity index (χ0v) is 12.5. The summed E-state index contributed by atoms with van der Waals surface area (Å²) in [5.74, 6) is 0.650. The van der Waals surface area contributed by atoms with Gasteiger partial charge in [-0.15, -0.1) is 0 Å². The van der Waals surface area contributed by atoms with Gasteiger partial charge in [-0.2, -0.15) is 0 Å². The first-order chi connectivity index (χ1) is 8.26. The molecule has 0 amide bonds. The summed E-state index contributed by atoms with van der Waals surface area (Å²) in [7, 11) is 4.25. The molecule has 0 aromatic rings. The SMILES string of the molecule is CN(CCC(=O)OC(C)(C)C)CC1CCN(C)C1. The molecule has 0 saturated carbocycles. The Kier molecular flexibility index (Phi) is 5.60. The van der Waals surface area contributed by atoms with Crippen LogP contribution in [0.15, 0.2) is 0 Å². The fraction of sp³-hybridized carbons (Fsp3) is 0.929. The van der Waals surface area contributed by atoms with E-state index in [9.17, 15) is 4.79 Å². The average Bonchev–Trinajstić information content (AvgIpc) is 2.58. The summed E-state index contributed by atoms with van der Waals surface area (Å²) in [5, 5.41) is 0. The third kappa shape index (κ3) is 6.36. The van der Waals surface area contributed by atoms with Crippen LogP contribution in [-0.4, -0.2) is 61.6 Å². The van der Waals surface area contributed by atoms with Crippen LogP contribution in [-0.2, 0) is 9.53 Å². The molecule has 1 unspecified atom stereocenters. The maximum atomic E-state index is 11.6. The lowest BCUT2D eigenvalue weighted by Crippen LogP contribution is -2.31. The van der Waals surface area contributed by atoms with Crippen LogP contribution < -0.4 is 0 Å². The highest BCUT2D eigenvalue weighted by atomic mass is 16.6. The van der Waals surface area contributed by atoms with Crippen molar-refractivity contribution in [3.8, 4) is 0 Å². The van der Waals surface area contributed by atoms with Crippen LogP contribution in [0.4, 0.5) is 0 Å². The molecule has 18 heavy (non-hydrogen) atoms. The lowest BCUT2D eigenvalue weighted by Gasteiger charge is -2.23. The molecule has 0 spiro atoms. The molecule has 4 heteroatoms. The Labute approximate surface area is 111 Å². The van der Waals surface area contributed by atoms with Crippen molar-refractivity contribution >= 4 is 5.97 Å². The molecule has 1 aliphatic rings. The second-order valence-electron chi connectivity index (χ2n) is 6.52. The predicted molar refractivity (Wildman–Crippen MR) is 73.6 cm³/mol. The normalized spacial score (nSPS) is 21.6. The van der Waals surface area contributed by atoms with Crippen LogP contribution in [0.5, 0.6) is 0 Å². The van der Waals surface area contributed by atoms with Crippen LogP contribution >= 0.6 is 0 Å². The smallest absolute Gasteiger partial charge is 0.307 e. The lowest BCUT2D eigenvalue weighted by molar-refractivity contribution is -0.155. The number of likely N-dealkylation sites (tertiary alicyclic amines) is 1. The van der Waals surface area contributed by atoms with Gasteiger partial charge in [-0.05, 0) is 53.8 Å². The summed E-state index contributed by atoms with van der Waals surface area (Å²) in [6.07, 6.45) is 1.75. The molecule has 4 nitrogen and oxygen atoms in total. The maximum absolute atomic E-state index is 11.6. The Bertz CT molecular complexity index is 273. The minimum Gasteiger partial charge on any atom is -0.460 e. The number of hydrogen-bond donors (Lipinski definition) is 0. The summed E-state index contributed by atoms with van der Waals surface area (Å²) < 4.78 is 5.30. The van der Waals surface area contributed by atoms with Crippen molar-refractivity contribution in [2.45, 2.75) is 39.2 Å². The molecular formula is C14H28N2O2. The van der Waals surface area contributed by atoms with Crippen molar-refractivity contribution in [2.75, 3.05) is 40.3 Å². The molecule has 0 radical (unpaired) electrons. The topological polar surface area (TPSA) is 32.8 Å². The largest absolute Gasteiger partial charge is 0.460 e. The van der Waals surface area contributed by atoms with E-state index in [2.05, 4.69) is 23.9 Å². The Morgan fingerprint density at radius 1 is 1.44 bits per heavy atom. The number of carbonyl (C=O) groups is 1. The van der Waals surface area contributed by atoms with Gasteiger partial charge in [0, 0.05) is 19.6 Å². The molecular weight excluding hydrogens is 228 g/mol. The minimum absolute atomic E-state index is 0.0992. The first-order valence-electron chi connectivity index (χ1n) is 6.85. The monoisotopic (exact) mass is 256 g/mol. The second kappa shape index (κ2) is 6.53. The molecule has 0 aliphatic carbocycles. The van der Waals surface area contributed by atoms with Gasteiger partial charge in [0.25, 0.3) is 0 Å². The first-order valence-corrected chi connectivity index (χ1v) is 6.85. The second-order valence-corrected chi connectivity index (χ2v) is 6.52. The van der Waals surface area contributed by atoms with Crippen molar-refractivity contribution in [1.82, 2.24) is 9.80 Å². The molecule has 1 saturated heterocycles. The Morgan fingerprint density at radius 3 is 2.61 bits per heavy atom. The van der Waals surface area contributed by atoms with Gasteiger partial charge in [0.05, 0.1) is 6.42 Å². The van der Waals surface area contributed by atoms with Gasteiger partial charge in [-0.1, -0.05) is 0 Å². The van der Waals surface area contributed by atoms with Crippen LogP contribution in [0.25, 0.3) is 0 Å². The zero-order valence-electron chi connectivity index (χ0n) is 12.5. The van der Waals surface area contributed by atoms with Gasteiger partial charge in [-0.3, -0.25) is 4.79 Å². The molecule has 1 fully saturated rings. The molecule has 106 valence electrons. The summed E-state index contributed by atoms with van der Waals surface area (Å²) in [4.78, 5) is 16.2. The maximum Gasteiger partial charge on any atom is 0.307 e. The van der Waals surface area contributed by atoms with E-state index in [0.29, 0.717) is 6.42 Å². The third-order valence-electron chi connectivity index (χ3n) is 3.18. The average molecular weight is 256 g/mol. The molecule has 0 aromatic heterocycles. The van der Waals surface area contributed by atoms with Gasteiger partial charge in [-0.25, -0.2) is 0 Å². The molecule has 0 bridgehead atoms. The fourth-order valence-corrected chi connectivity index (χ4v) is 2.38. The molecule has 1 atom stereocenters. The van der Waals surface area contributed by atoms with E-state index in [1.54, 1.807) is 0 Å². The molecule has 1 heterocycles. The van der Waals surface area contributed by atoms with Crippen LogP contribution in [0, 0.1) is 5.92 Å². The Hall–Kier alpha value is -0.610. The Morgan fingerprint density at radius 2 is 2.11 bits per heavy atom. The summed E-state index contributed by atoms with van der Waals surface area (Å²) in [6.45, 7) is 9.96. The van der Waals surface area contributed by atoms with E-state index >= 15 is 0 Å². The molecule has 1 rings (SSSR count). The third-order valence-corrected chi connectivity index (χ3v) is 3.18. The van der Waals surface area contributed by atoms with Gasteiger partial charge >= 0.3 is 5.97 Å². The molecule has 0 N–H and O–H groups in total. The highest BCUT2D eigenvalue weighted by molar-refractivity contribution is 5.70. The standard InChI is InChI=1S/C14H28N2O2/c1-14(2,3)18-13(17)7-9-16(5)11-12-6-8-15(4)10-12/h12H,6-11H2,1-5H3. The summed E-state index contributed by atoms with van der Waals surface area (Å²) in [5.41, 5.74) is -0.371. The van der Waals surface area contributed by atoms with E-state index in [1.165, 1.54) is 19.5 Å². The van der Waals surface area contributed by atoms with Crippen molar-refractivity contribution in [3.63, 3.8) is 0 Å². The van der Waals surface area contributed by atoms with E-state index < -0.39 is 0 Å². The number of hydrogen-bond acceptors (Lipinski definition) is 4. The summed E-state index contributed by atoms with van der Waals surface area (Å²) in [6, 6.07) is 0. The van der Waals surface area contributed by atoms with Crippen LogP contribution in [0.1, 0.15) is 33.6 Å². The number of ether oxygens (including phenoxy) is 1. The van der Waals surface area contributed by atoms with Crippen molar-refractivity contribution in [3.05, 3.63) is 0 Å². The number of rotatable bonds is 5. The van der Waals surface area contributed by atoms with E-state index in [4.69, 9.17) is 4.74 Å². The fourth-order valence-electron chi connectivity index (χ4n) is 2.38. The van der Waals surface area contributed by atoms with Crippen molar-refractivity contribution in [1.29, 1.82) is 0 Å². The van der Waals surface area contributed by atoms with E-state index in [1.807, 2.05) is 20.8 Å². The molecule has 0 aromatic carbocycles. The predicted octanol–water partition coefficient (Wildman–Crippen LogP) is 1.60. The zero-order chi connectivity index (χ0) is 13.8. The highest BCUT2D eigenvalue weighted by Crippen LogP contribution is 2.15. The van der Waals surface area contributed by atoms with Crippen LogP contribution in [0.2, 0.25) is 0 Å². The minimum atomic E-state index is -0.371. The van der Waals surface area contributed by atoms with Gasteiger partial charge in [0.15, 0.2) is 0 Å². The lowest BCUT2D eigenvalue weighted by atomic mass is 10.1. The first kappa shape index (κ1) is 15.4.